The Morgan fingerprint density at radius 2 is 1.84 bits per heavy atom. The number of rotatable bonds is 3. The van der Waals surface area contributed by atoms with Crippen LogP contribution in [-0.2, 0) is 12.6 Å². The first-order chi connectivity index (χ1) is 11.8. The zero-order valence-electron chi connectivity index (χ0n) is 13.7. The van der Waals surface area contributed by atoms with Gasteiger partial charge in [0.05, 0.1) is 11.3 Å². The molecule has 0 fully saturated rings. The van der Waals surface area contributed by atoms with E-state index < -0.39 is 17.6 Å². The van der Waals surface area contributed by atoms with Crippen LogP contribution in [0.3, 0.4) is 0 Å². The quantitative estimate of drug-likeness (QED) is 0.759. The van der Waals surface area contributed by atoms with Crippen LogP contribution in [-0.4, -0.2) is 15.3 Å². The standard InChI is InChI=1S/C18H16F3N3O/c1-3-14-16(17(25)22-13-7-4-11(2)5-8-13)24-10-12(18(19,20)21)6-9-15(24)23-14/h4-10H,3H2,1-2H3,(H,22,25). The van der Waals surface area contributed by atoms with E-state index >= 15 is 0 Å². The van der Waals surface area contributed by atoms with Gasteiger partial charge in [-0.2, -0.15) is 13.2 Å². The van der Waals surface area contributed by atoms with Gasteiger partial charge >= 0.3 is 6.18 Å². The Balaban J connectivity index is 2.06. The van der Waals surface area contributed by atoms with Crippen LogP contribution in [0, 0.1) is 6.92 Å². The highest BCUT2D eigenvalue weighted by Crippen LogP contribution is 2.30. The SMILES string of the molecule is CCc1nc2ccc(C(F)(F)F)cn2c1C(=O)Nc1ccc(C)cc1. The van der Waals surface area contributed by atoms with Gasteiger partial charge in [-0.25, -0.2) is 4.98 Å². The number of aryl methyl sites for hydroxylation is 2. The summed E-state index contributed by atoms with van der Waals surface area (Å²) >= 11 is 0. The van der Waals surface area contributed by atoms with Crippen LogP contribution >= 0.6 is 0 Å². The minimum atomic E-state index is -4.49. The Morgan fingerprint density at radius 3 is 2.44 bits per heavy atom. The third kappa shape index (κ3) is 3.35. The van der Waals surface area contributed by atoms with E-state index in [1.807, 2.05) is 19.1 Å². The van der Waals surface area contributed by atoms with Crippen molar-refractivity contribution in [3.63, 3.8) is 0 Å². The molecule has 0 saturated carbocycles. The molecule has 2 aromatic heterocycles. The lowest BCUT2D eigenvalue weighted by molar-refractivity contribution is -0.137. The molecule has 2 heterocycles. The van der Waals surface area contributed by atoms with Gasteiger partial charge < -0.3 is 5.32 Å². The fourth-order valence-corrected chi connectivity index (χ4v) is 2.58. The van der Waals surface area contributed by atoms with Crippen LogP contribution in [0.2, 0.25) is 0 Å². The summed E-state index contributed by atoms with van der Waals surface area (Å²) in [7, 11) is 0. The van der Waals surface area contributed by atoms with Crippen molar-refractivity contribution < 1.29 is 18.0 Å². The van der Waals surface area contributed by atoms with Crippen molar-refractivity contribution >= 4 is 17.2 Å². The van der Waals surface area contributed by atoms with Crippen LogP contribution < -0.4 is 5.32 Å². The predicted octanol–water partition coefficient (Wildman–Crippen LogP) is 4.48. The molecular weight excluding hydrogens is 331 g/mol. The fraction of sp³-hybridized carbons (Fsp3) is 0.222. The van der Waals surface area contributed by atoms with E-state index in [1.54, 1.807) is 19.1 Å². The third-order valence-corrected chi connectivity index (χ3v) is 3.88. The van der Waals surface area contributed by atoms with E-state index in [-0.39, 0.29) is 5.69 Å². The van der Waals surface area contributed by atoms with Gasteiger partial charge in [-0.1, -0.05) is 24.6 Å². The molecule has 1 amide bonds. The fourth-order valence-electron chi connectivity index (χ4n) is 2.58. The number of carbonyl (C=O) groups is 1. The van der Waals surface area contributed by atoms with Crippen LogP contribution in [0.15, 0.2) is 42.6 Å². The number of alkyl halides is 3. The summed E-state index contributed by atoms with van der Waals surface area (Å²) in [5, 5.41) is 2.72. The number of hydrogen-bond acceptors (Lipinski definition) is 2. The van der Waals surface area contributed by atoms with Crippen LogP contribution in [0.1, 0.15) is 34.2 Å². The molecule has 0 unspecified atom stereocenters. The van der Waals surface area contributed by atoms with Crippen molar-refractivity contribution in [2.24, 2.45) is 0 Å². The van der Waals surface area contributed by atoms with Gasteiger partial charge in [0.15, 0.2) is 0 Å². The monoisotopic (exact) mass is 347 g/mol. The Bertz CT molecular complexity index is 927. The van der Waals surface area contributed by atoms with Crippen molar-refractivity contribution in [2.45, 2.75) is 26.4 Å². The number of nitrogens with one attached hydrogen (secondary N) is 1. The number of fused-ring (bicyclic) bond motifs is 1. The Labute approximate surface area is 142 Å². The van der Waals surface area contributed by atoms with Crippen molar-refractivity contribution in [1.82, 2.24) is 9.38 Å². The number of anilines is 1. The maximum Gasteiger partial charge on any atom is 0.417 e. The van der Waals surface area contributed by atoms with E-state index in [0.717, 1.165) is 17.8 Å². The van der Waals surface area contributed by atoms with Gasteiger partial charge in [0.2, 0.25) is 0 Å². The number of amides is 1. The van der Waals surface area contributed by atoms with Crippen LogP contribution in [0.4, 0.5) is 18.9 Å². The van der Waals surface area contributed by atoms with Gasteiger partial charge in [0, 0.05) is 11.9 Å². The molecule has 25 heavy (non-hydrogen) atoms. The second-order valence-corrected chi connectivity index (χ2v) is 5.72. The molecule has 4 nitrogen and oxygen atoms in total. The lowest BCUT2D eigenvalue weighted by Gasteiger charge is -2.09. The second-order valence-electron chi connectivity index (χ2n) is 5.72. The molecule has 1 N–H and O–H groups in total. The second kappa shape index (κ2) is 6.23. The lowest BCUT2D eigenvalue weighted by atomic mass is 10.2. The average Bonchev–Trinajstić information content (AvgIpc) is 2.94. The summed E-state index contributed by atoms with van der Waals surface area (Å²) in [6.45, 7) is 3.72. The molecule has 0 aliphatic carbocycles. The number of carbonyl (C=O) groups excluding carboxylic acids is 1. The van der Waals surface area contributed by atoms with Crippen LogP contribution in [0.25, 0.3) is 5.65 Å². The molecule has 130 valence electrons. The van der Waals surface area contributed by atoms with Crippen molar-refractivity contribution in [1.29, 1.82) is 0 Å². The summed E-state index contributed by atoms with van der Waals surface area (Å²) in [6, 6.07) is 9.39. The van der Waals surface area contributed by atoms with Gasteiger partial charge in [-0.3, -0.25) is 9.20 Å². The van der Waals surface area contributed by atoms with Crippen molar-refractivity contribution in [2.75, 3.05) is 5.32 Å². The predicted molar refractivity (Wildman–Crippen MR) is 88.7 cm³/mol. The first-order valence-corrected chi connectivity index (χ1v) is 7.76. The highest BCUT2D eigenvalue weighted by Gasteiger charge is 2.31. The van der Waals surface area contributed by atoms with E-state index in [2.05, 4.69) is 10.3 Å². The zero-order chi connectivity index (χ0) is 18.2. The molecule has 0 saturated heterocycles. The number of halogens is 3. The largest absolute Gasteiger partial charge is 0.417 e. The van der Waals surface area contributed by atoms with Gasteiger partial charge in [-0.05, 0) is 37.6 Å². The molecule has 0 bridgehead atoms. The van der Waals surface area contributed by atoms with E-state index in [0.29, 0.717) is 23.4 Å². The molecule has 0 radical (unpaired) electrons. The Kier molecular flexibility index (Phi) is 4.24. The van der Waals surface area contributed by atoms with Crippen molar-refractivity contribution in [3.05, 3.63) is 65.1 Å². The molecule has 0 aliphatic heterocycles. The summed E-state index contributed by atoms with van der Waals surface area (Å²) < 4.78 is 40.2. The van der Waals surface area contributed by atoms with E-state index in [4.69, 9.17) is 0 Å². The van der Waals surface area contributed by atoms with Crippen LogP contribution in [0.5, 0.6) is 0 Å². The zero-order valence-corrected chi connectivity index (χ0v) is 13.7. The Hall–Kier alpha value is -2.83. The average molecular weight is 347 g/mol. The third-order valence-electron chi connectivity index (χ3n) is 3.88. The lowest BCUT2D eigenvalue weighted by Crippen LogP contribution is -2.17. The Morgan fingerprint density at radius 1 is 1.16 bits per heavy atom. The summed E-state index contributed by atoms with van der Waals surface area (Å²) in [6.07, 6.45) is -3.15. The highest BCUT2D eigenvalue weighted by atomic mass is 19.4. The number of imidazole rings is 1. The summed E-state index contributed by atoms with van der Waals surface area (Å²) in [4.78, 5) is 16.9. The number of aromatic nitrogens is 2. The van der Waals surface area contributed by atoms with Crippen molar-refractivity contribution in [3.8, 4) is 0 Å². The molecule has 3 aromatic rings. The van der Waals surface area contributed by atoms with E-state index in [1.165, 1.54) is 10.5 Å². The highest BCUT2D eigenvalue weighted by molar-refractivity contribution is 6.04. The first kappa shape index (κ1) is 17.0. The number of hydrogen-bond donors (Lipinski definition) is 1. The topological polar surface area (TPSA) is 46.4 Å². The summed E-state index contributed by atoms with van der Waals surface area (Å²) in [5.41, 5.74) is 1.65. The maximum absolute atomic E-state index is 13.0. The maximum atomic E-state index is 13.0. The molecule has 0 spiro atoms. The molecular formula is C18H16F3N3O. The van der Waals surface area contributed by atoms with E-state index in [9.17, 15) is 18.0 Å². The normalized spacial score (nSPS) is 11.7. The summed E-state index contributed by atoms with van der Waals surface area (Å²) in [5.74, 6) is -0.493. The minimum Gasteiger partial charge on any atom is -0.321 e. The molecule has 0 atom stereocenters. The molecule has 7 heteroatoms. The minimum absolute atomic E-state index is 0.115. The van der Waals surface area contributed by atoms with Gasteiger partial charge in [-0.15, -0.1) is 0 Å². The number of pyridine rings is 1. The first-order valence-electron chi connectivity index (χ1n) is 7.76. The molecule has 0 aliphatic rings. The smallest absolute Gasteiger partial charge is 0.321 e. The van der Waals surface area contributed by atoms with Gasteiger partial charge in [0.1, 0.15) is 11.3 Å². The number of benzene rings is 1. The molecule has 1 aromatic carbocycles. The molecule has 3 rings (SSSR count). The number of nitrogens with zero attached hydrogens (tertiary/aromatic N) is 2. The van der Waals surface area contributed by atoms with Gasteiger partial charge in [0.25, 0.3) is 5.91 Å².